The lowest BCUT2D eigenvalue weighted by atomic mass is 10.1. The van der Waals surface area contributed by atoms with Crippen molar-refractivity contribution in [2.45, 2.75) is 45.3 Å². The van der Waals surface area contributed by atoms with E-state index >= 15 is 0 Å². The lowest BCUT2D eigenvalue weighted by Crippen LogP contribution is -2.44. The highest BCUT2D eigenvalue weighted by Gasteiger charge is 2.37. The average Bonchev–Trinajstić information content (AvgIpc) is 3.15. The Morgan fingerprint density at radius 1 is 1.10 bits per heavy atom. The number of hydrogen-bond donors (Lipinski definition) is 1. The average molecular weight is 398 g/mol. The molecule has 1 N–H and O–H groups in total. The molecule has 2 amide bonds. The van der Waals surface area contributed by atoms with Crippen LogP contribution in [-0.4, -0.2) is 47.7 Å². The van der Waals surface area contributed by atoms with Gasteiger partial charge in [0.2, 0.25) is 0 Å². The van der Waals surface area contributed by atoms with Crippen LogP contribution in [0, 0.1) is 0 Å². The second-order valence-electron chi connectivity index (χ2n) is 8.01. The number of nitrogens with one attached hydrogen (secondary N) is 1. The summed E-state index contributed by atoms with van der Waals surface area (Å²) >= 11 is 0. The fourth-order valence-electron chi connectivity index (χ4n) is 3.30. The van der Waals surface area contributed by atoms with E-state index in [1.54, 1.807) is 26.8 Å². The minimum Gasteiger partial charge on any atom is -0.454 e. The molecule has 2 aromatic rings. The molecule has 0 saturated carbocycles. The van der Waals surface area contributed by atoms with Gasteiger partial charge in [0.25, 0.3) is 5.91 Å². The van der Waals surface area contributed by atoms with Crippen LogP contribution in [-0.2, 0) is 19.1 Å². The van der Waals surface area contributed by atoms with Crippen molar-refractivity contribution in [2.75, 3.05) is 18.5 Å². The van der Waals surface area contributed by atoms with Gasteiger partial charge in [-0.2, -0.15) is 0 Å². The van der Waals surface area contributed by atoms with E-state index < -0.39 is 36.2 Å². The minimum absolute atomic E-state index is 0.416. The molecule has 3 rings (SSSR count). The number of carbonyl (C=O) groups excluding carboxylic acids is 3. The van der Waals surface area contributed by atoms with Crippen LogP contribution >= 0.6 is 0 Å². The summed E-state index contributed by atoms with van der Waals surface area (Å²) < 4.78 is 10.5. The Kier molecular flexibility index (Phi) is 6.06. The third-order valence-corrected chi connectivity index (χ3v) is 4.56. The number of ether oxygens (including phenoxy) is 2. The van der Waals surface area contributed by atoms with Crippen molar-refractivity contribution in [1.29, 1.82) is 0 Å². The van der Waals surface area contributed by atoms with Crippen molar-refractivity contribution in [3.8, 4) is 0 Å². The molecule has 0 aliphatic carbocycles. The first-order valence-corrected chi connectivity index (χ1v) is 9.68. The topological polar surface area (TPSA) is 84.9 Å². The summed E-state index contributed by atoms with van der Waals surface area (Å²) in [7, 11) is 0. The van der Waals surface area contributed by atoms with Gasteiger partial charge in [0.1, 0.15) is 11.6 Å². The molecule has 2 aromatic carbocycles. The fourth-order valence-corrected chi connectivity index (χ4v) is 3.30. The van der Waals surface area contributed by atoms with E-state index in [-0.39, 0.29) is 0 Å². The van der Waals surface area contributed by atoms with Crippen molar-refractivity contribution >= 4 is 34.4 Å². The first-order chi connectivity index (χ1) is 13.7. The highest BCUT2D eigenvalue weighted by atomic mass is 16.6. The second-order valence-corrected chi connectivity index (χ2v) is 8.01. The van der Waals surface area contributed by atoms with Crippen LogP contribution in [0.5, 0.6) is 0 Å². The zero-order chi connectivity index (χ0) is 21.0. The molecule has 154 valence electrons. The smallest absolute Gasteiger partial charge is 0.411 e. The predicted molar refractivity (Wildman–Crippen MR) is 109 cm³/mol. The molecule has 1 fully saturated rings. The van der Waals surface area contributed by atoms with Gasteiger partial charge in [-0.1, -0.05) is 36.4 Å². The predicted octanol–water partition coefficient (Wildman–Crippen LogP) is 3.72. The molecule has 7 heteroatoms. The molecule has 0 unspecified atom stereocenters. The standard InChI is InChI=1S/C22H26N2O5/c1-22(2,3)29-21(27)24-13-7-12-18(24)20(26)28-14-19(25)23-17-11-6-9-15-8-4-5-10-16(15)17/h4-6,8-11,18H,7,12-14H2,1-3H3,(H,23,25)/t18-/m0/s1. The number of benzene rings is 2. The Bertz CT molecular complexity index is 914. The Morgan fingerprint density at radius 3 is 2.59 bits per heavy atom. The number of esters is 1. The molecule has 1 saturated heterocycles. The molecular weight excluding hydrogens is 372 g/mol. The van der Waals surface area contributed by atoms with Gasteiger partial charge in [-0.25, -0.2) is 9.59 Å². The summed E-state index contributed by atoms with van der Waals surface area (Å²) in [6.07, 6.45) is 0.627. The molecule has 1 heterocycles. The third-order valence-electron chi connectivity index (χ3n) is 4.56. The van der Waals surface area contributed by atoms with Crippen LogP contribution < -0.4 is 5.32 Å². The van der Waals surface area contributed by atoms with Crippen LogP contribution in [0.4, 0.5) is 10.5 Å². The van der Waals surface area contributed by atoms with E-state index in [4.69, 9.17) is 9.47 Å². The van der Waals surface area contributed by atoms with Gasteiger partial charge >= 0.3 is 12.1 Å². The number of amides is 2. The van der Waals surface area contributed by atoms with Gasteiger partial charge in [-0.15, -0.1) is 0 Å². The van der Waals surface area contributed by atoms with Gasteiger partial charge in [0.15, 0.2) is 6.61 Å². The SMILES string of the molecule is CC(C)(C)OC(=O)N1CCC[C@H]1C(=O)OCC(=O)Nc1cccc2ccccc12. The number of carbonyl (C=O) groups is 3. The normalized spacial score (nSPS) is 16.5. The zero-order valence-electron chi connectivity index (χ0n) is 16.9. The molecule has 1 aliphatic heterocycles. The molecule has 7 nitrogen and oxygen atoms in total. The number of hydrogen-bond acceptors (Lipinski definition) is 5. The number of anilines is 1. The van der Waals surface area contributed by atoms with E-state index in [2.05, 4.69) is 5.32 Å². The summed E-state index contributed by atoms with van der Waals surface area (Å²) in [5, 5.41) is 4.68. The molecule has 0 spiro atoms. The summed E-state index contributed by atoms with van der Waals surface area (Å²) in [6.45, 7) is 5.32. The van der Waals surface area contributed by atoms with Crippen molar-refractivity contribution in [2.24, 2.45) is 0 Å². The van der Waals surface area contributed by atoms with Crippen LogP contribution in [0.25, 0.3) is 10.8 Å². The Morgan fingerprint density at radius 2 is 1.83 bits per heavy atom. The maximum absolute atomic E-state index is 12.4. The largest absolute Gasteiger partial charge is 0.454 e. The molecule has 0 bridgehead atoms. The second kappa shape index (κ2) is 8.51. The summed E-state index contributed by atoms with van der Waals surface area (Å²) in [5.74, 6) is -1.03. The summed E-state index contributed by atoms with van der Waals surface area (Å²) in [4.78, 5) is 38.4. The number of likely N-dealkylation sites (tertiary alicyclic amines) is 1. The Labute approximate surface area is 170 Å². The van der Waals surface area contributed by atoms with Gasteiger partial charge in [0, 0.05) is 17.6 Å². The molecule has 1 atom stereocenters. The van der Waals surface area contributed by atoms with Gasteiger partial charge < -0.3 is 14.8 Å². The lowest BCUT2D eigenvalue weighted by molar-refractivity contribution is -0.151. The summed E-state index contributed by atoms with van der Waals surface area (Å²) in [5.41, 5.74) is 0.00679. The van der Waals surface area contributed by atoms with E-state index in [1.165, 1.54) is 4.90 Å². The maximum Gasteiger partial charge on any atom is 0.411 e. The molecule has 0 radical (unpaired) electrons. The number of nitrogens with zero attached hydrogens (tertiary/aromatic N) is 1. The maximum atomic E-state index is 12.4. The lowest BCUT2D eigenvalue weighted by Gasteiger charge is -2.27. The van der Waals surface area contributed by atoms with Crippen LogP contribution in [0.2, 0.25) is 0 Å². The summed E-state index contributed by atoms with van der Waals surface area (Å²) in [6, 6.07) is 12.6. The third kappa shape index (κ3) is 5.25. The van der Waals surface area contributed by atoms with Gasteiger partial charge in [0.05, 0.1) is 0 Å². The Hall–Kier alpha value is -3.09. The van der Waals surface area contributed by atoms with E-state index in [1.807, 2.05) is 36.4 Å². The molecule has 0 aromatic heterocycles. The first-order valence-electron chi connectivity index (χ1n) is 9.68. The molecule has 29 heavy (non-hydrogen) atoms. The van der Waals surface area contributed by atoms with Gasteiger partial charge in [-0.3, -0.25) is 9.69 Å². The van der Waals surface area contributed by atoms with E-state index in [0.29, 0.717) is 25.1 Å². The van der Waals surface area contributed by atoms with Crippen LogP contribution in [0.1, 0.15) is 33.6 Å². The van der Waals surface area contributed by atoms with Crippen molar-refractivity contribution < 1.29 is 23.9 Å². The van der Waals surface area contributed by atoms with E-state index in [9.17, 15) is 14.4 Å². The Balaban J connectivity index is 1.57. The van der Waals surface area contributed by atoms with Crippen LogP contribution in [0.3, 0.4) is 0 Å². The van der Waals surface area contributed by atoms with Crippen molar-refractivity contribution in [3.05, 3.63) is 42.5 Å². The molecule has 1 aliphatic rings. The fraction of sp³-hybridized carbons (Fsp3) is 0.409. The molecular formula is C22H26N2O5. The minimum atomic E-state index is -0.727. The van der Waals surface area contributed by atoms with Crippen molar-refractivity contribution in [1.82, 2.24) is 4.90 Å². The van der Waals surface area contributed by atoms with Gasteiger partial charge in [-0.05, 0) is 45.1 Å². The number of rotatable bonds is 4. The van der Waals surface area contributed by atoms with Crippen molar-refractivity contribution in [3.63, 3.8) is 0 Å². The highest BCUT2D eigenvalue weighted by molar-refractivity contribution is 6.02. The van der Waals surface area contributed by atoms with Crippen LogP contribution in [0.15, 0.2) is 42.5 Å². The quantitative estimate of drug-likeness (QED) is 0.794. The number of fused-ring (bicyclic) bond motifs is 1. The van der Waals surface area contributed by atoms with E-state index in [0.717, 1.165) is 10.8 Å². The monoisotopic (exact) mass is 398 g/mol. The highest BCUT2D eigenvalue weighted by Crippen LogP contribution is 2.24. The zero-order valence-corrected chi connectivity index (χ0v) is 16.9. The first kappa shape index (κ1) is 20.6.